The van der Waals surface area contributed by atoms with E-state index in [1.807, 2.05) is 6.07 Å². The van der Waals surface area contributed by atoms with Crippen molar-refractivity contribution < 1.29 is 9.53 Å². The van der Waals surface area contributed by atoms with Gasteiger partial charge in [0, 0.05) is 24.2 Å². The third-order valence-corrected chi connectivity index (χ3v) is 5.01. The molecule has 0 saturated heterocycles. The highest BCUT2D eigenvalue weighted by atomic mass is 35.5. The first kappa shape index (κ1) is 18.9. The molecule has 0 aromatic carbocycles. The number of esters is 1. The standard InChI is InChI=1S/C17H17ClN6O2S/c1-2-26-15(25)17(23-16(19)20,13-5-6-14(18)27-13)24-9-12(22-10-24)11-4-3-7-21-8-11/h3-10H,2H2,1H3,(H4,19,20,23). The van der Waals surface area contributed by atoms with Crippen LogP contribution in [0.3, 0.4) is 0 Å². The van der Waals surface area contributed by atoms with Gasteiger partial charge in [-0.3, -0.25) is 9.55 Å². The zero-order valence-corrected chi connectivity index (χ0v) is 15.9. The maximum atomic E-state index is 13.0. The van der Waals surface area contributed by atoms with Gasteiger partial charge in [0.1, 0.15) is 0 Å². The number of pyridine rings is 1. The van der Waals surface area contributed by atoms with E-state index < -0.39 is 11.6 Å². The first-order valence-corrected chi connectivity index (χ1v) is 9.15. The minimum Gasteiger partial charge on any atom is -0.462 e. The molecule has 0 aliphatic carbocycles. The van der Waals surface area contributed by atoms with Crippen LogP contribution in [0, 0.1) is 0 Å². The molecule has 3 heterocycles. The number of nitrogens with two attached hydrogens (primary N) is 2. The third-order valence-electron chi connectivity index (χ3n) is 3.68. The molecule has 1 atom stereocenters. The van der Waals surface area contributed by atoms with Crippen molar-refractivity contribution in [3.63, 3.8) is 0 Å². The summed E-state index contributed by atoms with van der Waals surface area (Å²) in [5, 5.41) is 0. The number of carbonyl (C=O) groups is 1. The van der Waals surface area contributed by atoms with Gasteiger partial charge in [-0.05, 0) is 31.2 Å². The zero-order valence-electron chi connectivity index (χ0n) is 14.4. The Balaban J connectivity index is 2.22. The molecule has 0 spiro atoms. The van der Waals surface area contributed by atoms with Gasteiger partial charge in [0.2, 0.25) is 0 Å². The minimum absolute atomic E-state index is 0.157. The molecule has 0 amide bonds. The number of aliphatic imine (C=N–C) groups is 1. The zero-order chi connectivity index (χ0) is 19.4. The summed E-state index contributed by atoms with van der Waals surface area (Å²) in [5.41, 5.74) is 11.0. The van der Waals surface area contributed by atoms with Crippen LogP contribution in [-0.2, 0) is 15.2 Å². The number of hydrogen-bond acceptors (Lipinski definition) is 6. The van der Waals surface area contributed by atoms with Crippen LogP contribution < -0.4 is 11.5 Å². The van der Waals surface area contributed by atoms with Gasteiger partial charge in [0.05, 0.1) is 27.8 Å². The molecule has 8 nitrogen and oxygen atoms in total. The lowest BCUT2D eigenvalue weighted by Gasteiger charge is -2.27. The number of halogens is 1. The maximum Gasteiger partial charge on any atom is 0.361 e. The first-order valence-electron chi connectivity index (χ1n) is 7.96. The van der Waals surface area contributed by atoms with E-state index in [-0.39, 0.29) is 12.6 Å². The van der Waals surface area contributed by atoms with Crippen LogP contribution in [0.15, 0.2) is 54.2 Å². The topological polar surface area (TPSA) is 121 Å². The van der Waals surface area contributed by atoms with Crippen molar-refractivity contribution in [3.05, 3.63) is 58.4 Å². The molecule has 10 heteroatoms. The second kappa shape index (κ2) is 7.77. The lowest BCUT2D eigenvalue weighted by molar-refractivity contribution is -0.151. The normalized spacial score (nSPS) is 13.0. The Bertz CT molecular complexity index is 967. The van der Waals surface area contributed by atoms with Crippen LogP contribution >= 0.6 is 22.9 Å². The smallest absolute Gasteiger partial charge is 0.361 e. The number of hydrogen-bond donors (Lipinski definition) is 2. The second-order valence-corrected chi connectivity index (χ2v) is 7.16. The lowest BCUT2D eigenvalue weighted by Crippen LogP contribution is -2.44. The molecular formula is C17H17ClN6O2S. The number of ether oxygens (including phenoxy) is 1. The SMILES string of the molecule is CCOC(=O)C(N=C(N)N)(c1ccc(Cl)s1)n1cnc(-c2cccnc2)c1. The fourth-order valence-corrected chi connectivity index (χ4v) is 3.75. The Hall–Kier alpha value is -2.91. The van der Waals surface area contributed by atoms with E-state index in [1.165, 1.54) is 22.2 Å². The molecule has 0 aliphatic rings. The van der Waals surface area contributed by atoms with E-state index >= 15 is 0 Å². The van der Waals surface area contributed by atoms with E-state index in [9.17, 15) is 4.79 Å². The van der Waals surface area contributed by atoms with Gasteiger partial charge in [-0.1, -0.05) is 11.6 Å². The van der Waals surface area contributed by atoms with Crippen molar-refractivity contribution >= 4 is 34.9 Å². The van der Waals surface area contributed by atoms with Gasteiger partial charge < -0.3 is 16.2 Å². The molecular weight excluding hydrogens is 388 g/mol. The number of carbonyl (C=O) groups excluding carboxylic acids is 1. The molecule has 4 N–H and O–H groups in total. The Morgan fingerprint density at radius 2 is 2.22 bits per heavy atom. The van der Waals surface area contributed by atoms with Gasteiger partial charge in [-0.25, -0.2) is 14.8 Å². The van der Waals surface area contributed by atoms with Crippen molar-refractivity contribution in [1.82, 2.24) is 14.5 Å². The summed E-state index contributed by atoms with van der Waals surface area (Å²) in [4.78, 5) is 26.2. The Labute approximate surface area is 164 Å². The highest BCUT2D eigenvalue weighted by Gasteiger charge is 2.46. The van der Waals surface area contributed by atoms with Gasteiger partial charge in [0.25, 0.3) is 5.66 Å². The summed E-state index contributed by atoms with van der Waals surface area (Å²) in [6, 6.07) is 6.99. The molecule has 0 radical (unpaired) electrons. The van der Waals surface area contributed by atoms with Gasteiger partial charge in [-0.2, -0.15) is 0 Å². The van der Waals surface area contributed by atoms with Crippen LogP contribution in [0.1, 0.15) is 11.8 Å². The van der Waals surface area contributed by atoms with E-state index in [4.69, 9.17) is 27.8 Å². The van der Waals surface area contributed by atoms with E-state index in [0.29, 0.717) is 14.9 Å². The van der Waals surface area contributed by atoms with E-state index in [2.05, 4.69) is 15.0 Å². The maximum absolute atomic E-state index is 13.0. The van der Waals surface area contributed by atoms with E-state index in [0.717, 1.165) is 5.56 Å². The summed E-state index contributed by atoms with van der Waals surface area (Å²) in [5.74, 6) is -0.920. The van der Waals surface area contributed by atoms with Crippen molar-refractivity contribution in [3.8, 4) is 11.3 Å². The number of imidazole rings is 1. The highest BCUT2D eigenvalue weighted by Crippen LogP contribution is 2.37. The van der Waals surface area contributed by atoms with Crippen molar-refractivity contribution in [2.24, 2.45) is 16.5 Å². The summed E-state index contributed by atoms with van der Waals surface area (Å²) < 4.78 is 7.28. The second-order valence-electron chi connectivity index (χ2n) is 5.44. The van der Waals surface area contributed by atoms with Crippen LogP contribution in [0.5, 0.6) is 0 Å². The average Bonchev–Trinajstić information content (AvgIpc) is 3.30. The predicted molar refractivity (Wildman–Crippen MR) is 104 cm³/mol. The molecule has 1 unspecified atom stereocenters. The lowest BCUT2D eigenvalue weighted by atomic mass is 10.1. The molecule has 3 aromatic heterocycles. The Kier molecular flexibility index (Phi) is 5.43. The van der Waals surface area contributed by atoms with Crippen molar-refractivity contribution in [2.45, 2.75) is 12.6 Å². The average molecular weight is 405 g/mol. The molecule has 27 heavy (non-hydrogen) atoms. The number of guanidine groups is 1. The van der Waals surface area contributed by atoms with Crippen molar-refractivity contribution in [2.75, 3.05) is 6.61 Å². The van der Waals surface area contributed by atoms with Crippen LogP contribution in [-0.4, -0.2) is 33.1 Å². The predicted octanol–water partition coefficient (Wildman–Crippen LogP) is 2.20. The third kappa shape index (κ3) is 3.64. The summed E-state index contributed by atoms with van der Waals surface area (Å²) in [7, 11) is 0. The summed E-state index contributed by atoms with van der Waals surface area (Å²) in [6.45, 7) is 1.86. The number of rotatable bonds is 6. The van der Waals surface area contributed by atoms with Crippen molar-refractivity contribution in [1.29, 1.82) is 0 Å². The Morgan fingerprint density at radius 3 is 2.81 bits per heavy atom. The number of nitrogens with zero attached hydrogens (tertiary/aromatic N) is 4. The molecule has 0 saturated carbocycles. The van der Waals surface area contributed by atoms with Crippen LogP contribution in [0.25, 0.3) is 11.3 Å². The van der Waals surface area contributed by atoms with E-state index in [1.54, 1.807) is 43.7 Å². The minimum atomic E-state index is -1.67. The fraction of sp³-hybridized carbons (Fsp3) is 0.176. The molecule has 3 rings (SSSR count). The van der Waals surface area contributed by atoms with Crippen LogP contribution in [0.2, 0.25) is 4.34 Å². The Morgan fingerprint density at radius 1 is 1.41 bits per heavy atom. The molecule has 3 aromatic rings. The largest absolute Gasteiger partial charge is 0.462 e. The number of aromatic nitrogens is 3. The van der Waals surface area contributed by atoms with Gasteiger partial charge in [0.15, 0.2) is 5.96 Å². The number of thiophene rings is 1. The highest BCUT2D eigenvalue weighted by molar-refractivity contribution is 7.16. The molecule has 0 bridgehead atoms. The van der Waals surface area contributed by atoms with Gasteiger partial charge in [-0.15, -0.1) is 11.3 Å². The van der Waals surface area contributed by atoms with Crippen LogP contribution in [0.4, 0.5) is 0 Å². The summed E-state index contributed by atoms with van der Waals surface area (Å²) >= 11 is 7.27. The molecule has 140 valence electrons. The van der Waals surface area contributed by atoms with Gasteiger partial charge >= 0.3 is 5.97 Å². The monoisotopic (exact) mass is 404 g/mol. The molecule has 0 fully saturated rings. The summed E-state index contributed by atoms with van der Waals surface area (Å²) in [6.07, 6.45) is 6.46. The fourth-order valence-electron chi connectivity index (χ4n) is 2.58. The quantitative estimate of drug-likeness (QED) is 0.369. The first-order chi connectivity index (χ1) is 13.0. The molecule has 0 aliphatic heterocycles.